The number of hydrogen-bond donors (Lipinski definition) is 0. The molecule has 0 N–H and O–H groups in total. The third-order valence-corrected chi connectivity index (χ3v) is 4.65. The maximum Gasteiger partial charge on any atom is 0.261 e. The van der Waals surface area contributed by atoms with Crippen LogP contribution in [-0.4, -0.2) is 44.5 Å². The predicted molar refractivity (Wildman–Crippen MR) is 101 cm³/mol. The average molecular weight is 375 g/mol. The molecule has 2 aromatic heterocycles. The van der Waals surface area contributed by atoms with E-state index >= 15 is 0 Å². The van der Waals surface area contributed by atoms with E-state index in [-0.39, 0.29) is 30.5 Å². The van der Waals surface area contributed by atoms with Crippen molar-refractivity contribution in [3.05, 3.63) is 64.8 Å². The van der Waals surface area contributed by atoms with Gasteiger partial charge in [0.15, 0.2) is 0 Å². The average Bonchev–Trinajstić information content (AvgIpc) is 2.70. The van der Waals surface area contributed by atoms with E-state index in [1.165, 1.54) is 17.1 Å². The molecule has 0 saturated carbocycles. The number of pyridine rings is 1. The zero-order valence-corrected chi connectivity index (χ0v) is 15.0. The van der Waals surface area contributed by atoms with Gasteiger partial charge < -0.3 is 9.64 Å². The van der Waals surface area contributed by atoms with Crippen LogP contribution < -0.4 is 10.3 Å². The Labute approximate surface area is 160 Å². The van der Waals surface area contributed by atoms with Gasteiger partial charge in [0, 0.05) is 25.2 Å². The first-order valence-corrected chi connectivity index (χ1v) is 8.89. The van der Waals surface area contributed by atoms with E-state index in [1.807, 2.05) is 12.1 Å². The van der Waals surface area contributed by atoms with E-state index in [2.05, 4.69) is 9.97 Å². The highest BCUT2D eigenvalue weighted by Gasteiger charge is 2.32. The van der Waals surface area contributed by atoms with Crippen molar-refractivity contribution in [3.63, 3.8) is 0 Å². The molecule has 4 rings (SSSR count). The third-order valence-electron chi connectivity index (χ3n) is 4.65. The summed E-state index contributed by atoms with van der Waals surface area (Å²) in [7, 11) is 0. The number of nitriles is 1. The number of ether oxygens (including phenoxy) is 1. The first-order chi connectivity index (χ1) is 13.6. The number of carbonyl (C=O) groups excluding carboxylic acids is 1. The molecule has 28 heavy (non-hydrogen) atoms. The monoisotopic (exact) mass is 375 g/mol. The van der Waals surface area contributed by atoms with E-state index in [0.29, 0.717) is 35.4 Å². The summed E-state index contributed by atoms with van der Waals surface area (Å²) in [4.78, 5) is 34.8. The van der Waals surface area contributed by atoms with Crippen LogP contribution in [0.15, 0.2) is 53.7 Å². The molecule has 8 heteroatoms. The van der Waals surface area contributed by atoms with Crippen molar-refractivity contribution in [1.82, 2.24) is 19.4 Å². The molecule has 3 aromatic rings. The van der Waals surface area contributed by atoms with Crippen molar-refractivity contribution in [2.24, 2.45) is 0 Å². The summed E-state index contributed by atoms with van der Waals surface area (Å²) in [6, 6.07) is 12.4. The summed E-state index contributed by atoms with van der Waals surface area (Å²) in [6.07, 6.45) is 3.04. The highest BCUT2D eigenvalue weighted by molar-refractivity contribution is 5.78. The SMILES string of the molecule is N#Cc1ccc(OC2CN(C(=O)CCn3cnc4ccccc4c3=O)C2)nc1. The molecule has 0 spiro atoms. The molecule has 0 unspecified atom stereocenters. The summed E-state index contributed by atoms with van der Waals surface area (Å²) >= 11 is 0. The van der Waals surface area contributed by atoms with Crippen LogP contribution in [0.5, 0.6) is 5.88 Å². The molecule has 0 aliphatic carbocycles. The lowest BCUT2D eigenvalue weighted by molar-refractivity contribution is -0.140. The molecule has 0 radical (unpaired) electrons. The lowest BCUT2D eigenvalue weighted by Gasteiger charge is -2.38. The van der Waals surface area contributed by atoms with Gasteiger partial charge in [0.2, 0.25) is 11.8 Å². The fraction of sp³-hybridized carbons (Fsp3) is 0.250. The van der Waals surface area contributed by atoms with E-state index in [4.69, 9.17) is 10.00 Å². The number of nitrogens with zero attached hydrogens (tertiary/aromatic N) is 5. The summed E-state index contributed by atoms with van der Waals surface area (Å²) in [5.74, 6) is 0.401. The number of rotatable bonds is 5. The Kier molecular flexibility index (Phi) is 4.72. The Morgan fingerprint density at radius 1 is 1.21 bits per heavy atom. The van der Waals surface area contributed by atoms with E-state index in [9.17, 15) is 9.59 Å². The second-order valence-electron chi connectivity index (χ2n) is 6.55. The normalized spacial score (nSPS) is 13.8. The predicted octanol–water partition coefficient (Wildman–Crippen LogP) is 1.34. The van der Waals surface area contributed by atoms with Crippen LogP contribution in [0.2, 0.25) is 0 Å². The molecule has 1 amide bonds. The number of benzene rings is 1. The van der Waals surface area contributed by atoms with Crippen LogP contribution in [0.1, 0.15) is 12.0 Å². The Bertz CT molecular complexity index is 1110. The minimum absolute atomic E-state index is 0.0345. The van der Waals surface area contributed by atoms with Gasteiger partial charge >= 0.3 is 0 Å². The van der Waals surface area contributed by atoms with Crippen molar-refractivity contribution < 1.29 is 9.53 Å². The van der Waals surface area contributed by atoms with Gasteiger partial charge in [-0.2, -0.15) is 5.26 Å². The van der Waals surface area contributed by atoms with Crippen molar-refractivity contribution >= 4 is 16.8 Å². The Morgan fingerprint density at radius 3 is 2.79 bits per heavy atom. The summed E-state index contributed by atoms with van der Waals surface area (Å²) in [5.41, 5.74) is 0.973. The summed E-state index contributed by atoms with van der Waals surface area (Å²) in [5, 5.41) is 9.31. The van der Waals surface area contributed by atoms with Crippen LogP contribution in [0.4, 0.5) is 0 Å². The van der Waals surface area contributed by atoms with E-state index in [1.54, 1.807) is 35.2 Å². The van der Waals surface area contributed by atoms with Gasteiger partial charge in [0.05, 0.1) is 35.9 Å². The number of fused-ring (bicyclic) bond motifs is 1. The number of carbonyl (C=O) groups is 1. The van der Waals surface area contributed by atoms with Gasteiger partial charge in [-0.05, 0) is 18.2 Å². The standard InChI is InChI=1S/C20H17N5O3/c21-9-14-5-6-18(22-10-14)28-15-11-25(12-15)19(26)7-8-24-13-23-17-4-2-1-3-16(17)20(24)27/h1-6,10,13,15H,7-8,11-12H2. The maximum absolute atomic E-state index is 12.4. The van der Waals surface area contributed by atoms with Crippen LogP contribution >= 0.6 is 0 Å². The number of aromatic nitrogens is 3. The minimum Gasteiger partial charge on any atom is -0.471 e. The van der Waals surface area contributed by atoms with Crippen molar-refractivity contribution in [2.75, 3.05) is 13.1 Å². The first kappa shape index (κ1) is 17.7. The molecule has 3 heterocycles. The number of hydrogen-bond acceptors (Lipinski definition) is 6. The van der Waals surface area contributed by atoms with Gasteiger partial charge in [0.1, 0.15) is 12.2 Å². The number of para-hydroxylation sites is 1. The third kappa shape index (κ3) is 3.55. The lowest BCUT2D eigenvalue weighted by Crippen LogP contribution is -2.56. The zero-order valence-electron chi connectivity index (χ0n) is 15.0. The molecule has 0 atom stereocenters. The van der Waals surface area contributed by atoms with Crippen LogP contribution in [0.25, 0.3) is 10.9 Å². The Hall–Kier alpha value is -3.73. The van der Waals surface area contributed by atoms with Crippen LogP contribution in [-0.2, 0) is 11.3 Å². The minimum atomic E-state index is -0.143. The highest BCUT2D eigenvalue weighted by atomic mass is 16.5. The highest BCUT2D eigenvalue weighted by Crippen LogP contribution is 2.17. The number of likely N-dealkylation sites (tertiary alicyclic amines) is 1. The molecule has 1 aliphatic heterocycles. The lowest BCUT2D eigenvalue weighted by atomic mass is 10.1. The van der Waals surface area contributed by atoms with Crippen molar-refractivity contribution in [1.29, 1.82) is 5.26 Å². The van der Waals surface area contributed by atoms with Gasteiger partial charge in [-0.25, -0.2) is 9.97 Å². The van der Waals surface area contributed by atoms with Crippen LogP contribution in [0, 0.1) is 11.3 Å². The quantitative estimate of drug-likeness (QED) is 0.667. The van der Waals surface area contributed by atoms with Crippen LogP contribution in [0.3, 0.4) is 0 Å². The van der Waals surface area contributed by atoms with Gasteiger partial charge in [0.25, 0.3) is 5.56 Å². The van der Waals surface area contributed by atoms with E-state index < -0.39 is 0 Å². The zero-order chi connectivity index (χ0) is 19.5. The van der Waals surface area contributed by atoms with Crippen molar-refractivity contribution in [2.45, 2.75) is 19.1 Å². The first-order valence-electron chi connectivity index (χ1n) is 8.89. The Morgan fingerprint density at radius 2 is 2.04 bits per heavy atom. The molecule has 1 fully saturated rings. The second kappa shape index (κ2) is 7.48. The molecular formula is C20H17N5O3. The van der Waals surface area contributed by atoms with Gasteiger partial charge in [-0.3, -0.25) is 14.2 Å². The fourth-order valence-corrected chi connectivity index (χ4v) is 3.04. The molecule has 140 valence electrons. The molecule has 1 saturated heterocycles. The topological polar surface area (TPSA) is 101 Å². The fourth-order valence-electron chi connectivity index (χ4n) is 3.04. The number of amides is 1. The summed E-state index contributed by atoms with van der Waals surface area (Å²) in [6.45, 7) is 1.24. The van der Waals surface area contributed by atoms with Gasteiger partial charge in [-0.1, -0.05) is 12.1 Å². The number of aryl methyl sites for hydroxylation is 1. The largest absolute Gasteiger partial charge is 0.471 e. The summed E-state index contributed by atoms with van der Waals surface area (Å²) < 4.78 is 7.15. The molecule has 1 aromatic carbocycles. The second-order valence-corrected chi connectivity index (χ2v) is 6.55. The maximum atomic E-state index is 12.4. The van der Waals surface area contributed by atoms with Crippen molar-refractivity contribution in [3.8, 4) is 11.9 Å². The van der Waals surface area contributed by atoms with Gasteiger partial charge in [-0.15, -0.1) is 0 Å². The smallest absolute Gasteiger partial charge is 0.261 e. The Balaban J connectivity index is 1.29. The van der Waals surface area contributed by atoms with E-state index in [0.717, 1.165) is 0 Å². The molecule has 0 bridgehead atoms. The molecule has 1 aliphatic rings. The molecular weight excluding hydrogens is 358 g/mol. The molecule has 8 nitrogen and oxygen atoms in total.